The topological polar surface area (TPSA) is 3.24 Å². The van der Waals surface area contributed by atoms with Gasteiger partial charge in [-0.05, 0) is 97.6 Å². The highest BCUT2D eigenvalue weighted by molar-refractivity contribution is 5.96. The summed E-state index contributed by atoms with van der Waals surface area (Å²) < 4.78 is 0. The molecule has 248 valence electrons. The molecule has 0 amide bonds. The molecule has 52 heavy (non-hydrogen) atoms. The van der Waals surface area contributed by atoms with Crippen LogP contribution in [0.3, 0.4) is 0 Å². The van der Waals surface area contributed by atoms with Crippen molar-refractivity contribution >= 4 is 17.1 Å². The summed E-state index contributed by atoms with van der Waals surface area (Å²) in [5, 5.41) is 0. The first-order chi connectivity index (χ1) is 25.6. The Morgan fingerprint density at radius 1 is 0.327 bits per heavy atom. The van der Waals surface area contributed by atoms with Crippen LogP contribution in [0.25, 0.3) is 55.6 Å². The van der Waals surface area contributed by atoms with Gasteiger partial charge < -0.3 is 4.90 Å². The normalized spacial score (nSPS) is 12.6. The van der Waals surface area contributed by atoms with Crippen LogP contribution in [0.5, 0.6) is 0 Å². The second kappa shape index (κ2) is 13.0. The van der Waals surface area contributed by atoms with Gasteiger partial charge in [0.2, 0.25) is 0 Å². The minimum atomic E-state index is -0.122. The van der Waals surface area contributed by atoms with Crippen LogP contribution in [0.15, 0.2) is 200 Å². The fourth-order valence-electron chi connectivity index (χ4n) is 8.04. The Bertz CT molecular complexity index is 2500. The maximum Gasteiger partial charge on any atom is 0.0540 e. The molecule has 8 aromatic carbocycles. The molecule has 1 nitrogen and oxygen atoms in total. The van der Waals surface area contributed by atoms with Crippen molar-refractivity contribution in [3.63, 3.8) is 0 Å². The molecule has 8 aromatic rings. The lowest BCUT2D eigenvalue weighted by atomic mass is 9.82. The van der Waals surface area contributed by atoms with Gasteiger partial charge in [0.25, 0.3) is 0 Å². The van der Waals surface area contributed by atoms with Crippen molar-refractivity contribution in [1.29, 1.82) is 0 Å². The molecule has 1 aliphatic carbocycles. The standard InChI is InChI=1S/C51H39N/c1-51(2)47-32-31-43(35-46(47)50-44(24-15-25-48(50)51)39-20-11-5-12-21-39)52(42-29-26-38(27-30-42)36-16-7-3-8-17-36)49-33-28-41(37-18-9-4-10-19-37)34-45(49)40-22-13-6-14-23-40/h3-35H,1-2H3. The lowest BCUT2D eigenvalue weighted by Crippen LogP contribution is -2.15. The number of benzene rings is 8. The van der Waals surface area contributed by atoms with Gasteiger partial charge in [0, 0.05) is 22.4 Å². The van der Waals surface area contributed by atoms with E-state index in [-0.39, 0.29) is 5.41 Å². The van der Waals surface area contributed by atoms with E-state index in [1.807, 2.05) is 0 Å². The summed E-state index contributed by atoms with van der Waals surface area (Å²) in [4.78, 5) is 2.45. The quantitative estimate of drug-likeness (QED) is 0.164. The molecule has 0 saturated heterocycles. The molecule has 0 N–H and O–H groups in total. The molecule has 0 radical (unpaired) electrons. The lowest BCUT2D eigenvalue weighted by Gasteiger charge is -2.29. The Labute approximate surface area is 307 Å². The number of anilines is 3. The molecule has 0 bridgehead atoms. The fourth-order valence-corrected chi connectivity index (χ4v) is 8.04. The summed E-state index contributed by atoms with van der Waals surface area (Å²) in [5.41, 5.74) is 18.3. The third-order valence-electron chi connectivity index (χ3n) is 10.7. The molecular formula is C51H39N. The van der Waals surface area contributed by atoms with Gasteiger partial charge in [0.05, 0.1) is 5.69 Å². The van der Waals surface area contributed by atoms with Crippen molar-refractivity contribution in [2.45, 2.75) is 19.3 Å². The molecule has 1 heteroatoms. The summed E-state index contributed by atoms with van der Waals surface area (Å²) >= 11 is 0. The van der Waals surface area contributed by atoms with Crippen LogP contribution in [0, 0.1) is 0 Å². The molecule has 0 aromatic heterocycles. The molecule has 0 saturated carbocycles. The van der Waals surface area contributed by atoms with Crippen LogP contribution in [-0.4, -0.2) is 0 Å². The number of hydrogen-bond acceptors (Lipinski definition) is 1. The number of rotatable bonds is 7. The van der Waals surface area contributed by atoms with Crippen molar-refractivity contribution in [3.05, 3.63) is 211 Å². The van der Waals surface area contributed by atoms with Gasteiger partial charge in [0.1, 0.15) is 0 Å². The second-order valence-electron chi connectivity index (χ2n) is 14.2. The molecule has 0 atom stereocenters. The zero-order valence-electron chi connectivity index (χ0n) is 29.5. The number of hydrogen-bond donors (Lipinski definition) is 0. The minimum Gasteiger partial charge on any atom is -0.310 e. The van der Waals surface area contributed by atoms with Gasteiger partial charge in [0.15, 0.2) is 0 Å². The first-order valence-corrected chi connectivity index (χ1v) is 18.1. The predicted molar refractivity (Wildman–Crippen MR) is 220 cm³/mol. The van der Waals surface area contributed by atoms with Gasteiger partial charge in [-0.3, -0.25) is 0 Å². The van der Waals surface area contributed by atoms with Crippen molar-refractivity contribution in [3.8, 4) is 55.6 Å². The Morgan fingerprint density at radius 2 is 0.827 bits per heavy atom. The van der Waals surface area contributed by atoms with Crippen LogP contribution in [-0.2, 0) is 5.41 Å². The summed E-state index contributed by atoms with van der Waals surface area (Å²) in [5.74, 6) is 0. The van der Waals surface area contributed by atoms with Crippen LogP contribution in [0.4, 0.5) is 17.1 Å². The zero-order chi connectivity index (χ0) is 35.1. The van der Waals surface area contributed by atoms with Crippen molar-refractivity contribution < 1.29 is 0 Å². The average Bonchev–Trinajstić information content (AvgIpc) is 3.45. The molecule has 0 heterocycles. The minimum absolute atomic E-state index is 0.122. The van der Waals surface area contributed by atoms with E-state index in [1.54, 1.807) is 0 Å². The van der Waals surface area contributed by atoms with Crippen molar-refractivity contribution in [2.75, 3.05) is 4.90 Å². The van der Waals surface area contributed by atoms with E-state index in [0.29, 0.717) is 0 Å². The molecule has 0 unspecified atom stereocenters. The van der Waals surface area contributed by atoms with Gasteiger partial charge >= 0.3 is 0 Å². The Hall–Kier alpha value is -6.44. The van der Waals surface area contributed by atoms with Crippen LogP contribution < -0.4 is 4.90 Å². The Balaban J connectivity index is 1.27. The number of fused-ring (bicyclic) bond motifs is 3. The van der Waals surface area contributed by atoms with Crippen LogP contribution >= 0.6 is 0 Å². The first kappa shape index (κ1) is 31.5. The highest BCUT2D eigenvalue weighted by Crippen LogP contribution is 2.54. The van der Waals surface area contributed by atoms with Gasteiger partial charge in [-0.1, -0.05) is 178 Å². The van der Waals surface area contributed by atoms with E-state index in [2.05, 4.69) is 219 Å². The van der Waals surface area contributed by atoms with Gasteiger partial charge in [-0.25, -0.2) is 0 Å². The lowest BCUT2D eigenvalue weighted by molar-refractivity contribution is 0.660. The predicted octanol–water partition coefficient (Wildman–Crippen LogP) is 14.1. The largest absolute Gasteiger partial charge is 0.310 e. The van der Waals surface area contributed by atoms with E-state index in [0.717, 1.165) is 17.1 Å². The number of nitrogens with zero attached hydrogens (tertiary/aromatic N) is 1. The van der Waals surface area contributed by atoms with E-state index >= 15 is 0 Å². The maximum absolute atomic E-state index is 2.45. The van der Waals surface area contributed by atoms with E-state index < -0.39 is 0 Å². The Kier molecular flexibility index (Phi) is 7.90. The maximum atomic E-state index is 2.45. The van der Waals surface area contributed by atoms with Crippen molar-refractivity contribution in [2.24, 2.45) is 0 Å². The monoisotopic (exact) mass is 665 g/mol. The molecule has 1 aliphatic rings. The van der Waals surface area contributed by atoms with Gasteiger partial charge in [-0.2, -0.15) is 0 Å². The molecule has 0 spiro atoms. The third-order valence-corrected chi connectivity index (χ3v) is 10.7. The summed E-state index contributed by atoms with van der Waals surface area (Å²) in [6, 6.07) is 72.8. The van der Waals surface area contributed by atoms with Gasteiger partial charge in [-0.15, -0.1) is 0 Å². The first-order valence-electron chi connectivity index (χ1n) is 18.1. The smallest absolute Gasteiger partial charge is 0.0540 e. The highest BCUT2D eigenvalue weighted by atomic mass is 15.1. The summed E-state index contributed by atoms with van der Waals surface area (Å²) in [6.07, 6.45) is 0. The average molecular weight is 666 g/mol. The summed E-state index contributed by atoms with van der Waals surface area (Å²) in [7, 11) is 0. The highest BCUT2D eigenvalue weighted by Gasteiger charge is 2.37. The zero-order valence-corrected chi connectivity index (χ0v) is 29.5. The molecule has 0 fully saturated rings. The fraction of sp³-hybridized carbons (Fsp3) is 0.0588. The Morgan fingerprint density at radius 3 is 1.44 bits per heavy atom. The van der Waals surface area contributed by atoms with Crippen LogP contribution in [0.1, 0.15) is 25.0 Å². The van der Waals surface area contributed by atoms with E-state index in [1.165, 1.54) is 66.8 Å². The molecule has 0 aliphatic heterocycles. The van der Waals surface area contributed by atoms with Crippen molar-refractivity contribution in [1.82, 2.24) is 0 Å². The molecular weight excluding hydrogens is 627 g/mol. The summed E-state index contributed by atoms with van der Waals surface area (Å²) in [6.45, 7) is 4.73. The van der Waals surface area contributed by atoms with Crippen LogP contribution in [0.2, 0.25) is 0 Å². The van der Waals surface area contributed by atoms with E-state index in [4.69, 9.17) is 0 Å². The SMILES string of the molecule is CC1(C)c2ccc(N(c3ccc(-c4ccccc4)cc3)c3ccc(-c4ccccc4)cc3-c3ccccc3)cc2-c2c(-c3ccccc3)cccc21. The third kappa shape index (κ3) is 5.52. The van der Waals surface area contributed by atoms with E-state index in [9.17, 15) is 0 Å². The molecule has 9 rings (SSSR count). The second-order valence-corrected chi connectivity index (χ2v) is 14.2.